The van der Waals surface area contributed by atoms with Gasteiger partial charge in [-0.15, -0.1) is 0 Å². The van der Waals surface area contributed by atoms with Gasteiger partial charge in [-0.05, 0) is 62.9 Å². The molecule has 1 aromatic carbocycles. The van der Waals surface area contributed by atoms with Gasteiger partial charge in [-0.1, -0.05) is 6.07 Å². The Hall–Kier alpha value is -0.980. The van der Waals surface area contributed by atoms with E-state index in [1.54, 1.807) is 6.92 Å². The van der Waals surface area contributed by atoms with Gasteiger partial charge in [-0.3, -0.25) is 0 Å². The van der Waals surface area contributed by atoms with Crippen molar-refractivity contribution in [2.75, 3.05) is 19.6 Å². The highest BCUT2D eigenvalue weighted by molar-refractivity contribution is 7.89. The topological polar surface area (TPSA) is 58.2 Å². The zero-order chi connectivity index (χ0) is 14.6. The van der Waals surface area contributed by atoms with Crippen LogP contribution in [-0.2, 0) is 10.0 Å². The number of benzene rings is 1. The highest BCUT2D eigenvalue weighted by Crippen LogP contribution is 2.17. The highest BCUT2D eigenvalue weighted by Gasteiger charge is 2.18. The standard InChI is InChI=1S/C14H21FN2O2S/c1-11-4-5-13(15)9-14(11)20(18,19)17-8-6-12-3-2-7-16-10-12/h4-5,9,12,16-17H,2-3,6-8,10H2,1H3. The molecule has 2 N–H and O–H groups in total. The van der Waals surface area contributed by atoms with Crippen molar-refractivity contribution in [3.63, 3.8) is 0 Å². The quantitative estimate of drug-likeness (QED) is 0.872. The Morgan fingerprint density at radius 3 is 2.95 bits per heavy atom. The molecule has 2 rings (SSSR count). The fraction of sp³-hybridized carbons (Fsp3) is 0.571. The summed E-state index contributed by atoms with van der Waals surface area (Å²) in [6.07, 6.45) is 3.08. The Morgan fingerprint density at radius 2 is 2.25 bits per heavy atom. The third kappa shape index (κ3) is 4.01. The molecule has 0 spiro atoms. The fourth-order valence-corrected chi connectivity index (χ4v) is 3.81. The molecule has 0 aromatic heterocycles. The largest absolute Gasteiger partial charge is 0.316 e. The summed E-state index contributed by atoms with van der Waals surface area (Å²) in [7, 11) is -3.62. The van der Waals surface area contributed by atoms with Crippen molar-refractivity contribution >= 4 is 10.0 Å². The summed E-state index contributed by atoms with van der Waals surface area (Å²) in [5.41, 5.74) is 0.554. The molecule has 0 saturated carbocycles. The lowest BCUT2D eigenvalue weighted by molar-refractivity contribution is 0.358. The first-order valence-electron chi connectivity index (χ1n) is 6.95. The van der Waals surface area contributed by atoms with Crippen molar-refractivity contribution in [1.82, 2.24) is 10.0 Å². The zero-order valence-electron chi connectivity index (χ0n) is 11.7. The molecule has 1 heterocycles. The van der Waals surface area contributed by atoms with Gasteiger partial charge in [0.2, 0.25) is 10.0 Å². The van der Waals surface area contributed by atoms with Gasteiger partial charge in [0.1, 0.15) is 5.82 Å². The van der Waals surface area contributed by atoms with Gasteiger partial charge in [0.05, 0.1) is 4.90 Å². The summed E-state index contributed by atoms with van der Waals surface area (Å²) in [5.74, 6) is -0.0208. The number of hydrogen-bond donors (Lipinski definition) is 2. The number of halogens is 1. The molecule has 1 saturated heterocycles. The van der Waals surface area contributed by atoms with Gasteiger partial charge in [0, 0.05) is 6.54 Å². The van der Waals surface area contributed by atoms with E-state index in [2.05, 4.69) is 10.0 Å². The summed E-state index contributed by atoms with van der Waals surface area (Å²) in [6, 6.07) is 3.82. The van der Waals surface area contributed by atoms with Crippen molar-refractivity contribution < 1.29 is 12.8 Å². The van der Waals surface area contributed by atoms with Crippen LogP contribution in [0.15, 0.2) is 23.1 Å². The molecule has 1 aliphatic heterocycles. The lowest BCUT2D eigenvalue weighted by Crippen LogP contribution is -2.33. The normalized spacial score (nSPS) is 20.0. The van der Waals surface area contributed by atoms with Gasteiger partial charge in [-0.2, -0.15) is 0 Å². The minimum Gasteiger partial charge on any atom is -0.316 e. The SMILES string of the molecule is Cc1ccc(F)cc1S(=O)(=O)NCCC1CCCNC1. The fourth-order valence-electron chi connectivity index (χ4n) is 2.51. The van der Waals surface area contributed by atoms with Crippen LogP contribution in [0.2, 0.25) is 0 Å². The van der Waals surface area contributed by atoms with Crippen molar-refractivity contribution in [3.05, 3.63) is 29.6 Å². The van der Waals surface area contributed by atoms with Crippen LogP contribution in [-0.4, -0.2) is 28.1 Å². The van der Waals surface area contributed by atoms with E-state index in [-0.39, 0.29) is 4.90 Å². The second-order valence-corrected chi connectivity index (χ2v) is 7.04. The number of hydrogen-bond acceptors (Lipinski definition) is 3. The Kier molecular flexibility index (Phi) is 5.12. The van der Waals surface area contributed by atoms with Crippen molar-refractivity contribution in [3.8, 4) is 0 Å². The molecule has 1 atom stereocenters. The Morgan fingerprint density at radius 1 is 1.45 bits per heavy atom. The summed E-state index contributed by atoms with van der Waals surface area (Å²) in [5, 5.41) is 3.30. The molecule has 20 heavy (non-hydrogen) atoms. The van der Waals surface area contributed by atoms with E-state index >= 15 is 0 Å². The third-order valence-corrected chi connectivity index (χ3v) is 5.29. The minimum absolute atomic E-state index is 0.0271. The average Bonchev–Trinajstić information content (AvgIpc) is 2.42. The summed E-state index contributed by atoms with van der Waals surface area (Å²) in [4.78, 5) is 0.0271. The number of piperidine rings is 1. The smallest absolute Gasteiger partial charge is 0.240 e. The number of aryl methyl sites for hydroxylation is 1. The van der Waals surface area contributed by atoms with Crippen LogP contribution in [0.3, 0.4) is 0 Å². The van der Waals surface area contributed by atoms with E-state index < -0.39 is 15.8 Å². The Labute approximate surface area is 119 Å². The van der Waals surface area contributed by atoms with Gasteiger partial charge in [0.15, 0.2) is 0 Å². The second kappa shape index (κ2) is 6.65. The lowest BCUT2D eigenvalue weighted by Gasteiger charge is -2.22. The molecular formula is C14H21FN2O2S. The van der Waals surface area contributed by atoms with Crippen LogP contribution in [0.1, 0.15) is 24.8 Å². The van der Waals surface area contributed by atoms with Crippen LogP contribution in [0.4, 0.5) is 4.39 Å². The molecule has 1 unspecified atom stereocenters. The molecule has 112 valence electrons. The molecular weight excluding hydrogens is 279 g/mol. The lowest BCUT2D eigenvalue weighted by atomic mass is 9.96. The van der Waals surface area contributed by atoms with Crippen molar-refractivity contribution in [2.24, 2.45) is 5.92 Å². The third-order valence-electron chi connectivity index (χ3n) is 3.68. The zero-order valence-corrected chi connectivity index (χ0v) is 12.5. The van der Waals surface area contributed by atoms with Gasteiger partial charge in [0.25, 0.3) is 0 Å². The molecule has 4 nitrogen and oxygen atoms in total. The van der Waals surface area contributed by atoms with Crippen LogP contribution >= 0.6 is 0 Å². The predicted molar refractivity (Wildman–Crippen MR) is 76.5 cm³/mol. The Bertz CT molecular complexity index is 554. The number of rotatable bonds is 5. The molecule has 0 aliphatic carbocycles. The molecule has 6 heteroatoms. The maximum Gasteiger partial charge on any atom is 0.240 e. The second-order valence-electron chi connectivity index (χ2n) is 5.31. The van der Waals surface area contributed by atoms with Crippen LogP contribution in [0.5, 0.6) is 0 Å². The van der Waals surface area contributed by atoms with Crippen LogP contribution in [0.25, 0.3) is 0 Å². The first-order chi connectivity index (χ1) is 9.49. The van der Waals surface area contributed by atoms with Crippen molar-refractivity contribution in [2.45, 2.75) is 31.1 Å². The van der Waals surface area contributed by atoms with E-state index in [4.69, 9.17) is 0 Å². The van der Waals surface area contributed by atoms with E-state index in [1.807, 2.05) is 0 Å². The highest BCUT2D eigenvalue weighted by atomic mass is 32.2. The summed E-state index contributed by atoms with van der Waals surface area (Å²) in [6.45, 7) is 4.05. The summed E-state index contributed by atoms with van der Waals surface area (Å²) < 4.78 is 40.1. The van der Waals surface area contributed by atoms with Crippen LogP contribution < -0.4 is 10.0 Å². The monoisotopic (exact) mass is 300 g/mol. The van der Waals surface area contributed by atoms with E-state index in [0.29, 0.717) is 18.0 Å². The number of nitrogens with one attached hydrogen (secondary N) is 2. The molecule has 1 aromatic rings. The van der Waals surface area contributed by atoms with Crippen LogP contribution in [0, 0.1) is 18.7 Å². The van der Waals surface area contributed by atoms with Gasteiger partial charge in [-0.25, -0.2) is 17.5 Å². The van der Waals surface area contributed by atoms with E-state index in [1.165, 1.54) is 12.1 Å². The summed E-state index contributed by atoms with van der Waals surface area (Å²) >= 11 is 0. The molecule has 1 fully saturated rings. The molecule has 0 bridgehead atoms. The maximum absolute atomic E-state index is 13.2. The van der Waals surface area contributed by atoms with Gasteiger partial charge < -0.3 is 5.32 Å². The maximum atomic E-state index is 13.2. The Balaban J connectivity index is 1.95. The first-order valence-corrected chi connectivity index (χ1v) is 8.44. The van der Waals surface area contributed by atoms with E-state index in [0.717, 1.165) is 38.4 Å². The van der Waals surface area contributed by atoms with Gasteiger partial charge >= 0.3 is 0 Å². The molecule has 1 aliphatic rings. The predicted octanol–water partition coefficient (Wildman–Crippen LogP) is 1.80. The number of sulfonamides is 1. The first kappa shape index (κ1) is 15.4. The average molecular weight is 300 g/mol. The molecule has 0 amide bonds. The van der Waals surface area contributed by atoms with E-state index in [9.17, 15) is 12.8 Å². The molecule has 0 radical (unpaired) electrons. The van der Waals surface area contributed by atoms with Crippen molar-refractivity contribution in [1.29, 1.82) is 0 Å². The minimum atomic E-state index is -3.62.